The van der Waals surface area contributed by atoms with Crippen LogP contribution in [0, 0.1) is 11.3 Å². The van der Waals surface area contributed by atoms with E-state index in [0.29, 0.717) is 11.6 Å². The normalized spacial score (nSPS) is 21.4. The van der Waals surface area contributed by atoms with Crippen LogP contribution in [0.2, 0.25) is 0 Å². The second-order valence-corrected chi connectivity index (χ2v) is 6.00. The van der Waals surface area contributed by atoms with E-state index >= 15 is 0 Å². The lowest BCUT2D eigenvalue weighted by molar-refractivity contribution is 0.189. The number of hydrogen-bond donors (Lipinski definition) is 1. The Morgan fingerprint density at radius 3 is 2.67 bits per heavy atom. The Morgan fingerprint density at radius 2 is 2.05 bits per heavy atom. The van der Waals surface area contributed by atoms with E-state index in [1.54, 1.807) is 12.1 Å². The third-order valence-corrected chi connectivity index (χ3v) is 4.31. The third kappa shape index (κ3) is 4.20. The van der Waals surface area contributed by atoms with Gasteiger partial charge in [-0.3, -0.25) is 4.90 Å². The molecule has 1 atom stereocenters. The Labute approximate surface area is 126 Å². The van der Waals surface area contributed by atoms with Crippen molar-refractivity contribution in [2.24, 2.45) is 0 Å². The van der Waals surface area contributed by atoms with Gasteiger partial charge in [-0.1, -0.05) is 0 Å². The molecule has 1 heterocycles. The molecular formula is C17H23N3O. The molecule has 1 saturated carbocycles. The Bertz CT molecular complexity index is 484. The van der Waals surface area contributed by atoms with E-state index in [0.717, 1.165) is 31.5 Å². The number of ether oxygens (including phenoxy) is 1. The topological polar surface area (TPSA) is 48.3 Å². The number of benzene rings is 1. The Hall–Kier alpha value is -1.57. The summed E-state index contributed by atoms with van der Waals surface area (Å²) in [5, 5.41) is 12.4. The van der Waals surface area contributed by atoms with Gasteiger partial charge in [0.2, 0.25) is 0 Å². The summed E-state index contributed by atoms with van der Waals surface area (Å²) in [7, 11) is 0. The summed E-state index contributed by atoms with van der Waals surface area (Å²) in [5.74, 6) is 0.851. The van der Waals surface area contributed by atoms with E-state index < -0.39 is 0 Å². The summed E-state index contributed by atoms with van der Waals surface area (Å²) in [6, 6.07) is 10.9. The maximum Gasteiger partial charge on any atom is 0.119 e. The first-order valence-corrected chi connectivity index (χ1v) is 7.95. The molecule has 0 radical (unpaired) electrons. The molecule has 4 heteroatoms. The number of hydrogen-bond acceptors (Lipinski definition) is 4. The molecular weight excluding hydrogens is 262 g/mol. The van der Waals surface area contributed by atoms with Crippen LogP contribution >= 0.6 is 0 Å². The van der Waals surface area contributed by atoms with E-state index in [2.05, 4.69) is 16.3 Å². The molecule has 1 N–H and O–H groups in total. The van der Waals surface area contributed by atoms with Crippen LogP contribution in [0.25, 0.3) is 0 Å². The van der Waals surface area contributed by atoms with Crippen LogP contribution in [0.3, 0.4) is 0 Å². The zero-order valence-corrected chi connectivity index (χ0v) is 12.4. The van der Waals surface area contributed by atoms with E-state index in [1.807, 2.05) is 12.1 Å². The predicted molar refractivity (Wildman–Crippen MR) is 82.3 cm³/mol. The van der Waals surface area contributed by atoms with Crippen molar-refractivity contribution < 1.29 is 4.74 Å². The second-order valence-electron chi connectivity index (χ2n) is 6.00. The molecule has 0 bridgehead atoms. The monoisotopic (exact) mass is 285 g/mol. The van der Waals surface area contributed by atoms with Crippen LogP contribution in [0.5, 0.6) is 5.75 Å². The predicted octanol–water partition coefficient (Wildman–Crippen LogP) is 2.15. The van der Waals surface area contributed by atoms with Gasteiger partial charge in [-0.2, -0.15) is 5.26 Å². The van der Waals surface area contributed by atoms with E-state index in [4.69, 9.17) is 10.00 Å². The summed E-state index contributed by atoms with van der Waals surface area (Å²) in [6.45, 7) is 4.03. The van der Waals surface area contributed by atoms with Crippen LogP contribution in [-0.2, 0) is 0 Å². The molecule has 112 valence electrons. The molecule has 1 aromatic rings. The minimum Gasteiger partial charge on any atom is -0.492 e. The molecule has 2 aliphatic rings. The highest BCUT2D eigenvalue weighted by atomic mass is 16.5. The van der Waals surface area contributed by atoms with E-state index in [-0.39, 0.29) is 0 Å². The summed E-state index contributed by atoms with van der Waals surface area (Å²) in [6.07, 6.45) is 5.29. The Morgan fingerprint density at radius 1 is 1.24 bits per heavy atom. The Kier molecular flexibility index (Phi) is 4.74. The fraction of sp³-hybridized carbons (Fsp3) is 0.588. The van der Waals surface area contributed by atoms with Gasteiger partial charge in [0.15, 0.2) is 0 Å². The number of rotatable bonds is 7. The maximum atomic E-state index is 8.78. The third-order valence-electron chi connectivity index (χ3n) is 4.31. The standard InChI is InChI=1S/C17H23N3O/c18-12-14-3-7-17(8-4-14)21-11-10-20(16-5-6-16)13-15-2-1-9-19-15/h3-4,7-8,15-16,19H,1-2,5-6,9-11,13H2. The summed E-state index contributed by atoms with van der Waals surface area (Å²) in [4.78, 5) is 2.58. The number of nitrogens with one attached hydrogen (secondary N) is 1. The van der Waals surface area contributed by atoms with E-state index in [1.165, 1.54) is 32.2 Å². The van der Waals surface area contributed by atoms with Crippen molar-refractivity contribution in [1.82, 2.24) is 10.2 Å². The van der Waals surface area contributed by atoms with Gasteiger partial charge in [-0.05, 0) is 56.5 Å². The highest BCUT2D eigenvalue weighted by molar-refractivity contribution is 5.34. The quantitative estimate of drug-likeness (QED) is 0.834. The Balaban J connectivity index is 1.44. The van der Waals surface area contributed by atoms with Crippen molar-refractivity contribution in [3.05, 3.63) is 29.8 Å². The molecule has 3 rings (SSSR count). The minimum absolute atomic E-state index is 0.667. The average Bonchev–Trinajstić information content (AvgIpc) is 3.24. The zero-order chi connectivity index (χ0) is 14.5. The van der Waals surface area contributed by atoms with Gasteiger partial charge >= 0.3 is 0 Å². The lowest BCUT2D eigenvalue weighted by Gasteiger charge is -2.25. The average molecular weight is 285 g/mol. The first-order valence-electron chi connectivity index (χ1n) is 7.95. The minimum atomic E-state index is 0.667. The first kappa shape index (κ1) is 14.4. The van der Waals surface area contributed by atoms with Gasteiger partial charge in [0, 0.05) is 25.2 Å². The fourth-order valence-corrected chi connectivity index (χ4v) is 2.96. The summed E-state index contributed by atoms with van der Waals surface area (Å²) >= 11 is 0. The lowest BCUT2D eigenvalue weighted by atomic mass is 10.2. The largest absolute Gasteiger partial charge is 0.492 e. The van der Waals surface area contributed by atoms with Crippen LogP contribution in [-0.4, -0.2) is 43.2 Å². The van der Waals surface area contributed by atoms with Gasteiger partial charge < -0.3 is 10.1 Å². The van der Waals surface area contributed by atoms with Crippen molar-refractivity contribution in [2.75, 3.05) is 26.2 Å². The number of nitriles is 1. The van der Waals surface area contributed by atoms with Crippen molar-refractivity contribution in [1.29, 1.82) is 5.26 Å². The molecule has 0 amide bonds. The molecule has 1 unspecified atom stereocenters. The molecule has 1 aromatic carbocycles. The SMILES string of the molecule is N#Cc1ccc(OCCN(CC2CCCN2)C2CC2)cc1. The highest BCUT2D eigenvalue weighted by Gasteiger charge is 2.30. The van der Waals surface area contributed by atoms with Crippen LogP contribution in [0.1, 0.15) is 31.2 Å². The van der Waals surface area contributed by atoms with Crippen molar-refractivity contribution in [3.8, 4) is 11.8 Å². The molecule has 1 aliphatic carbocycles. The van der Waals surface area contributed by atoms with Gasteiger partial charge in [-0.25, -0.2) is 0 Å². The van der Waals surface area contributed by atoms with Crippen molar-refractivity contribution in [3.63, 3.8) is 0 Å². The fourth-order valence-electron chi connectivity index (χ4n) is 2.96. The van der Waals surface area contributed by atoms with Crippen LogP contribution in [0.4, 0.5) is 0 Å². The lowest BCUT2D eigenvalue weighted by Crippen LogP contribution is -2.40. The summed E-state index contributed by atoms with van der Waals surface area (Å²) < 4.78 is 5.81. The molecule has 1 aliphatic heterocycles. The highest BCUT2D eigenvalue weighted by Crippen LogP contribution is 2.27. The van der Waals surface area contributed by atoms with E-state index in [9.17, 15) is 0 Å². The smallest absolute Gasteiger partial charge is 0.119 e. The molecule has 0 spiro atoms. The molecule has 2 fully saturated rings. The maximum absolute atomic E-state index is 8.78. The van der Waals surface area contributed by atoms with Crippen LogP contribution < -0.4 is 10.1 Å². The van der Waals surface area contributed by atoms with Crippen molar-refractivity contribution >= 4 is 0 Å². The molecule has 1 saturated heterocycles. The van der Waals surface area contributed by atoms with Crippen molar-refractivity contribution in [2.45, 2.75) is 37.8 Å². The molecule has 0 aromatic heterocycles. The second kappa shape index (κ2) is 6.93. The van der Waals surface area contributed by atoms with Gasteiger partial charge in [0.1, 0.15) is 12.4 Å². The first-order chi connectivity index (χ1) is 10.3. The van der Waals surface area contributed by atoms with Gasteiger partial charge in [-0.15, -0.1) is 0 Å². The van der Waals surface area contributed by atoms with Crippen LogP contribution in [0.15, 0.2) is 24.3 Å². The summed E-state index contributed by atoms with van der Waals surface area (Å²) in [5.41, 5.74) is 0.675. The number of nitrogens with zero attached hydrogens (tertiary/aromatic N) is 2. The molecule has 21 heavy (non-hydrogen) atoms. The van der Waals surface area contributed by atoms with Gasteiger partial charge in [0.25, 0.3) is 0 Å². The molecule has 4 nitrogen and oxygen atoms in total. The zero-order valence-electron chi connectivity index (χ0n) is 12.4. The van der Waals surface area contributed by atoms with Gasteiger partial charge in [0.05, 0.1) is 11.6 Å².